The van der Waals surface area contributed by atoms with Crippen LogP contribution >= 0.6 is 0 Å². The molecule has 4 atom stereocenters. The van der Waals surface area contributed by atoms with Crippen LogP contribution < -0.4 is 0 Å². The molecule has 0 aromatic carbocycles. The Morgan fingerprint density at radius 1 is 1.28 bits per heavy atom. The van der Waals surface area contributed by atoms with Crippen LogP contribution in [0.5, 0.6) is 0 Å². The van der Waals surface area contributed by atoms with Crippen LogP contribution in [-0.4, -0.2) is 45.2 Å². The van der Waals surface area contributed by atoms with Crippen LogP contribution in [0.4, 0.5) is 4.39 Å². The lowest BCUT2D eigenvalue weighted by Crippen LogP contribution is -2.28. The summed E-state index contributed by atoms with van der Waals surface area (Å²) in [5.41, 5.74) is -1.60. The number of aliphatic hydroxyl groups is 3. The van der Waals surface area contributed by atoms with Crippen molar-refractivity contribution in [3.8, 4) is 0 Å². The second-order valence-electron chi connectivity index (χ2n) is 8.24. The molecule has 0 bridgehead atoms. The monoisotopic (exact) mass is 412 g/mol. The van der Waals surface area contributed by atoms with E-state index < -0.39 is 24.1 Å². The maximum Gasteiger partial charge on any atom is 0.158 e. The van der Waals surface area contributed by atoms with E-state index in [-0.39, 0.29) is 42.7 Å². The SMILES string of the molecule is C=C(F)C(O)(CC=C[C@H]1[C@H](O)CC(=O)[C@@H]1CCCCCCC(=O)CO)CCCC. The van der Waals surface area contributed by atoms with E-state index >= 15 is 0 Å². The fraction of sp³-hybridized carbons (Fsp3) is 0.739. The summed E-state index contributed by atoms with van der Waals surface area (Å²) in [6.07, 6.45) is 9.02. The molecule has 1 saturated carbocycles. The van der Waals surface area contributed by atoms with Crippen molar-refractivity contribution >= 4 is 11.6 Å². The van der Waals surface area contributed by atoms with Gasteiger partial charge in [0.25, 0.3) is 0 Å². The first-order valence-corrected chi connectivity index (χ1v) is 10.8. The lowest BCUT2D eigenvalue weighted by molar-refractivity contribution is -0.122. The molecule has 1 unspecified atom stereocenters. The van der Waals surface area contributed by atoms with E-state index in [2.05, 4.69) is 6.58 Å². The third-order valence-electron chi connectivity index (χ3n) is 5.89. The van der Waals surface area contributed by atoms with Crippen LogP contribution in [0.25, 0.3) is 0 Å². The Kier molecular flexibility index (Phi) is 11.5. The van der Waals surface area contributed by atoms with E-state index in [4.69, 9.17) is 5.11 Å². The lowest BCUT2D eigenvalue weighted by Gasteiger charge is -2.25. The fourth-order valence-electron chi connectivity index (χ4n) is 3.95. The number of Topliss-reactive ketones (excluding diaryl/α,β-unsaturated/α-hetero) is 2. The number of aliphatic hydroxyl groups excluding tert-OH is 2. The van der Waals surface area contributed by atoms with E-state index in [1.54, 1.807) is 12.2 Å². The zero-order chi connectivity index (χ0) is 21.9. The summed E-state index contributed by atoms with van der Waals surface area (Å²) in [4.78, 5) is 23.3. The minimum absolute atomic E-state index is 0.0405. The number of carbonyl (C=O) groups is 2. The number of ketones is 2. The Hall–Kier alpha value is -1.37. The van der Waals surface area contributed by atoms with Crippen molar-refractivity contribution in [1.29, 1.82) is 0 Å². The van der Waals surface area contributed by atoms with Gasteiger partial charge in [0.15, 0.2) is 5.78 Å². The molecule has 3 N–H and O–H groups in total. The van der Waals surface area contributed by atoms with Crippen LogP contribution in [0.1, 0.15) is 77.6 Å². The lowest BCUT2D eigenvalue weighted by atomic mass is 9.87. The van der Waals surface area contributed by atoms with Crippen LogP contribution in [0.2, 0.25) is 0 Å². The highest BCUT2D eigenvalue weighted by molar-refractivity contribution is 5.84. The summed E-state index contributed by atoms with van der Waals surface area (Å²) in [5.74, 6) is -1.45. The zero-order valence-electron chi connectivity index (χ0n) is 17.6. The highest BCUT2D eigenvalue weighted by Gasteiger charge is 2.39. The molecule has 1 rings (SSSR count). The van der Waals surface area contributed by atoms with E-state index in [9.17, 15) is 24.2 Å². The maximum atomic E-state index is 13.7. The van der Waals surface area contributed by atoms with Crippen molar-refractivity contribution in [3.05, 3.63) is 24.6 Å². The summed E-state index contributed by atoms with van der Waals surface area (Å²) >= 11 is 0. The number of unbranched alkanes of at least 4 members (excludes halogenated alkanes) is 4. The van der Waals surface area contributed by atoms with E-state index in [0.29, 0.717) is 19.3 Å². The Labute approximate surface area is 173 Å². The predicted molar refractivity (Wildman–Crippen MR) is 111 cm³/mol. The van der Waals surface area contributed by atoms with Gasteiger partial charge in [-0.2, -0.15) is 0 Å². The largest absolute Gasteiger partial charge is 0.392 e. The normalized spacial score (nSPS) is 24.2. The molecule has 0 spiro atoms. The van der Waals surface area contributed by atoms with Gasteiger partial charge in [-0.25, -0.2) is 4.39 Å². The molecular formula is C23H37FO5. The molecule has 0 aliphatic heterocycles. The second-order valence-corrected chi connectivity index (χ2v) is 8.24. The number of hydrogen-bond acceptors (Lipinski definition) is 5. The molecule has 166 valence electrons. The first-order valence-electron chi connectivity index (χ1n) is 10.8. The Bertz CT molecular complexity index is 574. The van der Waals surface area contributed by atoms with Gasteiger partial charge in [0.05, 0.1) is 6.10 Å². The van der Waals surface area contributed by atoms with E-state index in [1.807, 2.05) is 6.92 Å². The molecule has 1 aliphatic carbocycles. The van der Waals surface area contributed by atoms with Crippen molar-refractivity contribution in [2.45, 2.75) is 89.3 Å². The molecule has 29 heavy (non-hydrogen) atoms. The topological polar surface area (TPSA) is 94.8 Å². The maximum absolute atomic E-state index is 13.7. The first-order chi connectivity index (χ1) is 13.7. The minimum Gasteiger partial charge on any atom is -0.392 e. The molecule has 1 fully saturated rings. The third kappa shape index (κ3) is 8.49. The number of carbonyl (C=O) groups excluding carboxylic acids is 2. The Morgan fingerprint density at radius 3 is 2.59 bits per heavy atom. The molecule has 0 saturated heterocycles. The first kappa shape index (κ1) is 25.7. The van der Waals surface area contributed by atoms with Gasteiger partial charge >= 0.3 is 0 Å². The molecule has 0 amide bonds. The van der Waals surface area contributed by atoms with Gasteiger partial charge in [0.1, 0.15) is 23.8 Å². The van der Waals surface area contributed by atoms with Gasteiger partial charge < -0.3 is 15.3 Å². The molecule has 0 aromatic heterocycles. The average molecular weight is 413 g/mol. The summed E-state index contributed by atoms with van der Waals surface area (Å²) in [6, 6.07) is 0. The van der Waals surface area contributed by atoms with Crippen molar-refractivity contribution in [2.75, 3.05) is 6.61 Å². The quantitative estimate of drug-likeness (QED) is 0.281. The standard InChI is InChI=1S/C23H37FO5/c1-3-4-13-23(29,17(2)24)14-9-12-20-19(21(27)15-22(20)28)11-8-6-5-7-10-18(26)16-25/h9,12,19-20,22,25,28-29H,2-8,10-11,13-16H2,1H3/t19-,20-,22-,23?/m1/s1. The summed E-state index contributed by atoms with van der Waals surface area (Å²) in [7, 11) is 0. The van der Waals surface area contributed by atoms with Gasteiger partial charge in [-0.3, -0.25) is 9.59 Å². The predicted octanol–water partition coefficient (Wildman–Crippen LogP) is 3.81. The summed E-state index contributed by atoms with van der Waals surface area (Å²) in [6.45, 7) is 4.82. The molecule has 0 aromatic rings. The van der Waals surface area contributed by atoms with E-state index in [1.165, 1.54) is 0 Å². The van der Waals surface area contributed by atoms with Crippen LogP contribution in [-0.2, 0) is 9.59 Å². The van der Waals surface area contributed by atoms with Crippen molar-refractivity contribution in [1.82, 2.24) is 0 Å². The minimum atomic E-state index is -1.60. The smallest absolute Gasteiger partial charge is 0.158 e. The van der Waals surface area contributed by atoms with Crippen molar-refractivity contribution in [2.24, 2.45) is 11.8 Å². The Balaban J connectivity index is 2.54. The van der Waals surface area contributed by atoms with Gasteiger partial charge in [-0.1, -0.05) is 57.8 Å². The molecular weight excluding hydrogens is 375 g/mol. The molecule has 0 radical (unpaired) electrons. The zero-order valence-corrected chi connectivity index (χ0v) is 17.6. The average Bonchev–Trinajstić information content (AvgIpc) is 2.95. The van der Waals surface area contributed by atoms with Crippen molar-refractivity contribution in [3.63, 3.8) is 0 Å². The number of rotatable bonds is 15. The number of halogens is 1. The highest BCUT2D eigenvalue weighted by Crippen LogP contribution is 2.35. The van der Waals surface area contributed by atoms with Crippen molar-refractivity contribution < 1.29 is 29.3 Å². The van der Waals surface area contributed by atoms with Crippen LogP contribution in [0, 0.1) is 11.8 Å². The van der Waals surface area contributed by atoms with Gasteiger partial charge in [-0.15, -0.1) is 0 Å². The molecule has 5 nitrogen and oxygen atoms in total. The third-order valence-corrected chi connectivity index (χ3v) is 5.89. The fourth-order valence-corrected chi connectivity index (χ4v) is 3.95. The van der Waals surface area contributed by atoms with Gasteiger partial charge in [0, 0.05) is 31.1 Å². The Morgan fingerprint density at radius 2 is 1.97 bits per heavy atom. The van der Waals surface area contributed by atoms with E-state index in [0.717, 1.165) is 32.1 Å². The second kappa shape index (κ2) is 13.0. The van der Waals surface area contributed by atoms with Crippen LogP contribution in [0.15, 0.2) is 24.6 Å². The highest BCUT2D eigenvalue weighted by atomic mass is 19.1. The van der Waals surface area contributed by atoms with Crippen LogP contribution in [0.3, 0.4) is 0 Å². The molecule has 6 heteroatoms. The summed E-state index contributed by atoms with van der Waals surface area (Å²) in [5, 5.41) is 29.4. The summed E-state index contributed by atoms with van der Waals surface area (Å²) < 4.78 is 13.7. The molecule has 0 heterocycles. The molecule has 1 aliphatic rings. The van der Waals surface area contributed by atoms with Gasteiger partial charge in [-0.05, 0) is 19.3 Å². The van der Waals surface area contributed by atoms with Gasteiger partial charge in [0.2, 0.25) is 0 Å². The number of hydrogen-bond donors (Lipinski definition) is 3.